The summed E-state index contributed by atoms with van der Waals surface area (Å²) >= 11 is 0. The molecule has 0 spiro atoms. The number of carbonyl (C=O) groups is 4. The van der Waals surface area contributed by atoms with Gasteiger partial charge in [0.25, 0.3) is 5.91 Å². The van der Waals surface area contributed by atoms with Gasteiger partial charge in [-0.1, -0.05) is 44.2 Å². The topological polar surface area (TPSA) is 123 Å². The maximum atomic E-state index is 13.1. The summed E-state index contributed by atoms with van der Waals surface area (Å²) < 4.78 is 10.7. The van der Waals surface area contributed by atoms with E-state index in [0.29, 0.717) is 39.0 Å². The van der Waals surface area contributed by atoms with Crippen LogP contribution in [0.1, 0.15) is 45.6 Å². The zero-order chi connectivity index (χ0) is 24.2. The predicted octanol–water partition coefficient (Wildman–Crippen LogP) is 1.74. The third-order valence-corrected chi connectivity index (χ3v) is 5.23. The highest BCUT2D eigenvalue weighted by atomic mass is 16.6. The van der Waals surface area contributed by atoms with E-state index in [-0.39, 0.29) is 18.4 Å². The van der Waals surface area contributed by atoms with Gasteiger partial charge in [0, 0.05) is 25.8 Å². The van der Waals surface area contributed by atoms with Gasteiger partial charge in [-0.2, -0.15) is 0 Å². The Morgan fingerprint density at radius 3 is 2.30 bits per heavy atom. The van der Waals surface area contributed by atoms with Crippen molar-refractivity contribution >= 4 is 23.7 Å². The highest BCUT2D eigenvalue weighted by Crippen LogP contribution is 2.12. The molecule has 3 amide bonds. The fourth-order valence-corrected chi connectivity index (χ4v) is 3.56. The summed E-state index contributed by atoms with van der Waals surface area (Å²) in [5.74, 6) is -1.94. The Hall–Kier alpha value is -2.94. The number of rotatable bonds is 11. The predicted molar refractivity (Wildman–Crippen MR) is 122 cm³/mol. The number of hydrogen-bond donors (Lipinski definition) is 3. The number of Topliss-reactive ketones (excluding diaryl/α,β-unsaturated/α-hetero) is 1. The zero-order valence-corrected chi connectivity index (χ0v) is 19.6. The van der Waals surface area contributed by atoms with E-state index in [0.717, 1.165) is 5.56 Å². The number of amides is 3. The normalized spacial score (nSPS) is 15.9. The van der Waals surface area contributed by atoms with Crippen LogP contribution in [-0.4, -0.2) is 61.6 Å². The van der Waals surface area contributed by atoms with Crippen molar-refractivity contribution in [3.63, 3.8) is 0 Å². The monoisotopic (exact) mass is 461 g/mol. The Morgan fingerprint density at radius 1 is 1.03 bits per heavy atom. The number of benzene rings is 1. The second-order valence-electron chi connectivity index (χ2n) is 8.52. The van der Waals surface area contributed by atoms with E-state index in [1.165, 1.54) is 0 Å². The summed E-state index contributed by atoms with van der Waals surface area (Å²) in [6, 6.07) is 7.15. The number of ether oxygens (including phenoxy) is 2. The molecular formula is C24H35N3O6. The van der Waals surface area contributed by atoms with Gasteiger partial charge in [-0.05, 0) is 24.8 Å². The highest BCUT2D eigenvalue weighted by Gasteiger charge is 2.31. The maximum Gasteiger partial charge on any atom is 0.408 e. The number of ketones is 1. The van der Waals surface area contributed by atoms with Gasteiger partial charge in [-0.25, -0.2) is 4.79 Å². The fraction of sp³-hybridized carbons (Fsp3) is 0.583. The van der Waals surface area contributed by atoms with Crippen molar-refractivity contribution in [2.45, 2.75) is 64.6 Å². The van der Waals surface area contributed by atoms with Crippen molar-refractivity contribution in [3.05, 3.63) is 35.9 Å². The summed E-state index contributed by atoms with van der Waals surface area (Å²) in [7, 11) is 0. The van der Waals surface area contributed by atoms with Crippen molar-refractivity contribution in [2.24, 2.45) is 5.92 Å². The van der Waals surface area contributed by atoms with Gasteiger partial charge in [-0.15, -0.1) is 0 Å². The zero-order valence-electron chi connectivity index (χ0n) is 19.6. The summed E-state index contributed by atoms with van der Waals surface area (Å²) in [5, 5.41) is 7.80. The van der Waals surface area contributed by atoms with Crippen LogP contribution in [0.15, 0.2) is 30.3 Å². The summed E-state index contributed by atoms with van der Waals surface area (Å²) in [6.45, 7) is 6.91. The van der Waals surface area contributed by atoms with E-state index in [1.54, 1.807) is 6.92 Å². The van der Waals surface area contributed by atoms with Crippen molar-refractivity contribution in [1.82, 2.24) is 16.0 Å². The molecule has 0 unspecified atom stereocenters. The highest BCUT2D eigenvalue weighted by molar-refractivity contribution is 6.38. The molecule has 9 heteroatoms. The van der Waals surface area contributed by atoms with Crippen LogP contribution in [0.5, 0.6) is 0 Å². The number of carbonyl (C=O) groups excluding carboxylic acids is 4. The van der Waals surface area contributed by atoms with E-state index < -0.39 is 35.8 Å². The number of hydrogen-bond acceptors (Lipinski definition) is 6. The molecule has 2 rings (SSSR count). The number of alkyl carbamates (subject to hydrolysis) is 1. The van der Waals surface area contributed by atoms with Gasteiger partial charge in [0.1, 0.15) is 18.2 Å². The van der Waals surface area contributed by atoms with Crippen molar-refractivity contribution in [1.29, 1.82) is 0 Å². The minimum Gasteiger partial charge on any atom is -0.446 e. The smallest absolute Gasteiger partial charge is 0.408 e. The van der Waals surface area contributed by atoms with E-state index in [9.17, 15) is 19.2 Å². The third kappa shape index (κ3) is 9.21. The largest absolute Gasteiger partial charge is 0.446 e. The molecule has 1 fully saturated rings. The lowest BCUT2D eigenvalue weighted by Gasteiger charge is -2.26. The van der Waals surface area contributed by atoms with Crippen LogP contribution in [0.25, 0.3) is 0 Å². The molecule has 1 saturated heterocycles. The molecule has 0 aromatic heterocycles. The van der Waals surface area contributed by atoms with Gasteiger partial charge in [0.2, 0.25) is 11.7 Å². The minimum atomic E-state index is -1.06. The van der Waals surface area contributed by atoms with Crippen LogP contribution < -0.4 is 16.0 Å². The molecule has 0 aliphatic carbocycles. The van der Waals surface area contributed by atoms with Crippen LogP contribution in [0.4, 0.5) is 4.79 Å². The lowest BCUT2D eigenvalue weighted by molar-refractivity contribution is -0.140. The standard InChI is InChI=1S/C24H35N3O6/c1-4-25-23(30)21(28)19(15-17-8-6-5-7-9-17)26-22(29)20(14-16(2)3)27-24(31)33-18-10-12-32-13-11-18/h5-9,16,18-20H,4,10-15H2,1-3H3,(H,25,30)(H,26,29)(H,27,31)/t19-,20-/m0/s1. The van der Waals surface area contributed by atoms with Crippen LogP contribution in [0.3, 0.4) is 0 Å². The van der Waals surface area contributed by atoms with Gasteiger partial charge in [-0.3, -0.25) is 14.4 Å². The Morgan fingerprint density at radius 2 is 1.70 bits per heavy atom. The lowest BCUT2D eigenvalue weighted by Crippen LogP contribution is -2.55. The van der Waals surface area contributed by atoms with Crippen molar-refractivity contribution < 1.29 is 28.7 Å². The Kier molecular flexibility index (Phi) is 10.8. The van der Waals surface area contributed by atoms with Gasteiger partial charge >= 0.3 is 6.09 Å². The number of nitrogens with one attached hydrogen (secondary N) is 3. The summed E-state index contributed by atoms with van der Waals surface area (Å²) in [4.78, 5) is 50.5. The SMILES string of the molecule is CCNC(=O)C(=O)[C@H](Cc1ccccc1)NC(=O)[C@H](CC(C)C)NC(=O)OC1CCOCC1. The summed E-state index contributed by atoms with van der Waals surface area (Å²) in [6.07, 6.45) is 0.776. The van der Waals surface area contributed by atoms with Crippen molar-refractivity contribution in [2.75, 3.05) is 19.8 Å². The molecule has 0 bridgehead atoms. The molecule has 182 valence electrons. The van der Waals surface area contributed by atoms with Crippen LogP contribution in [0.2, 0.25) is 0 Å². The van der Waals surface area contributed by atoms with E-state index in [1.807, 2.05) is 44.2 Å². The minimum absolute atomic E-state index is 0.0933. The first-order valence-electron chi connectivity index (χ1n) is 11.5. The first-order valence-corrected chi connectivity index (χ1v) is 11.5. The first-order chi connectivity index (χ1) is 15.8. The van der Waals surface area contributed by atoms with E-state index >= 15 is 0 Å². The second-order valence-corrected chi connectivity index (χ2v) is 8.52. The van der Waals surface area contributed by atoms with Gasteiger partial charge in [0.05, 0.1) is 13.2 Å². The maximum absolute atomic E-state index is 13.1. The average Bonchev–Trinajstić information content (AvgIpc) is 2.78. The molecular weight excluding hydrogens is 426 g/mol. The lowest BCUT2D eigenvalue weighted by atomic mass is 9.99. The van der Waals surface area contributed by atoms with Crippen LogP contribution in [0, 0.1) is 5.92 Å². The quantitative estimate of drug-likeness (QED) is 0.432. The molecule has 1 aromatic carbocycles. The second kappa shape index (κ2) is 13.6. The molecule has 1 aliphatic heterocycles. The molecule has 1 heterocycles. The van der Waals surface area contributed by atoms with E-state index in [2.05, 4.69) is 16.0 Å². The third-order valence-electron chi connectivity index (χ3n) is 5.23. The molecule has 1 aliphatic rings. The Bertz CT molecular complexity index is 793. The van der Waals surface area contributed by atoms with E-state index in [4.69, 9.17) is 9.47 Å². The Balaban J connectivity index is 2.10. The first kappa shape index (κ1) is 26.3. The van der Waals surface area contributed by atoms with Crippen LogP contribution in [-0.2, 0) is 30.3 Å². The Labute approximate surface area is 195 Å². The molecule has 1 aromatic rings. The van der Waals surface area contributed by atoms with Crippen molar-refractivity contribution in [3.8, 4) is 0 Å². The molecule has 0 saturated carbocycles. The summed E-state index contributed by atoms with van der Waals surface area (Å²) in [5.41, 5.74) is 0.799. The van der Waals surface area contributed by atoms with Gasteiger partial charge < -0.3 is 25.4 Å². The molecule has 0 radical (unpaired) electrons. The fourth-order valence-electron chi connectivity index (χ4n) is 3.56. The van der Waals surface area contributed by atoms with Gasteiger partial charge in [0.15, 0.2) is 0 Å². The molecule has 9 nitrogen and oxygen atoms in total. The molecule has 33 heavy (non-hydrogen) atoms. The average molecular weight is 462 g/mol. The number of likely N-dealkylation sites (N-methyl/N-ethyl adjacent to an activating group) is 1. The molecule has 3 N–H and O–H groups in total. The molecule has 2 atom stereocenters. The van der Waals surface area contributed by atoms with Crippen LogP contribution >= 0.6 is 0 Å².